The number of aromatic nitrogens is 2. The predicted molar refractivity (Wildman–Crippen MR) is 151 cm³/mol. The molecule has 0 saturated heterocycles. The molecule has 4 rings (SSSR count). The molecule has 0 fully saturated rings. The minimum atomic E-state index is -0.373. The standard InChI is InChI=1S/C27H28Cl2N6O4/c1-34-20-12-10-16(28)14-18(20)24(26(34)38)32-30-22(36)8-6-4-3-5-7-9-23(37)31-33-25-19-15-17(29)11-13-21(19)35(2)27(25)39/h10-15,38-39H,3-9H2,1-2H3. The van der Waals surface area contributed by atoms with Gasteiger partial charge >= 0.3 is 0 Å². The molecule has 0 aliphatic heterocycles. The van der Waals surface area contributed by atoms with Crippen LogP contribution in [0.1, 0.15) is 44.9 Å². The van der Waals surface area contributed by atoms with Crippen LogP contribution in [0.5, 0.6) is 11.8 Å². The summed E-state index contributed by atoms with van der Waals surface area (Å²) < 4.78 is 3.11. The maximum absolute atomic E-state index is 12.2. The van der Waals surface area contributed by atoms with Crippen molar-refractivity contribution >= 4 is 68.2 Å². The summed E-state index contributed by atoms with van der Waals surface area (Å²) in [6.45, 7) is 0. The van der Waals surface area contributed by atoms with Crippen LogP contribution in [0.4, 0.5) is 11.4 Å². The number of benzene rings is 2. The van der Waals surface area contributed by atoms with Crippen molar-refractivity contribution in [2.75, 3.05) is 0 Å². The molecule has 0 saturated carbocycles. The molecule has 2 N–H and O–H groups in total. The number of carbonyl (C=O) groups is 2. The van der Waals surface area contributed by atoms with Crippen LogP contribution in [0.2, 0.25) is 10.0 Å². The van der Waals surface area contributed by atoms with Gasteiger partial charge < -0.3 is 19.3 Å². The van der Waals surface area contributed by atoms with Gasteiger partial charge in [0, 0.05) is 47.8 Å². The van der Waals surface area contributed by atoms with Gasteiger partial charge in [-0.2, -0.15) is 0 Å². The SMILES string of the molecule is Cn1c(O)c(N=NC(=O)CCCCCCCC(=O)N=Nc2c(O)n(C)c3ccc(Cl)cc23)c2cc(Cl)ccc21. The molecular weight excluding hydrogens is 543 g/mol. The van der Waals surface area contributed by atoms with Gasteiger partial charge in [-0.3, -0.25) is 9.59 Å². The van der Waals surface area contributed by atoms with Crippen molar-refractivity contribution in [1.82, 2.24) is 9.13 Å². The number of hydrogen-bond donors (Lipinski definition) is 2. The van der Waals surface area contributed by atoms with Gasteiger partial charge in [-0.05, 0) is 49.2 Å². The quantitative estimate of drug-likeness (QED) is 0.147. The Kier molecular flexibility index (Phi) is 8.98. The molecule has 0 aliphatic rings. The normalized spacial score (nSPS) is 12.0. The Morgan fingerprint density at radius 2 is 1.08 bits per heavy atom. The highest BCUT2D eigenvalue weighted by Crippen LogP contribution is 2.40. The van der Waals surface area contributed by atoms with Crippen LogP contribution in [-0.4, -0.2) is 31.2 Å². The fourth-order valence-corrected chi connectivity index (χ4v) is 4.70. The van der Waals surface area contributed by atoms with Gasteiger partial charge in [0.25, 0.3) is 11.8 Å². The molecular formula is C27H28Cl2N6O4. The van der Waals surface area contributed by atoms with Gasteiger partial charge in [0.15, 0.2) is 11.4 Å². The van der Waals surface area contributed by atoms with Crippen molar-refractivity contribution in [3.63, 3.8) is 0 Å². The van der Waals surface area contributed by atoms with Gasteiger partial charge in [-0.15, -0.1) is 20.5 Å². The van der Waals surface area contributed by atoms with E-state index in [0.717, 1.165) is 30.3 Å². The number of nitrogens with zero attached hydrogens (tertiary/aromatic N) is 6. The summed E-state index contributed by atoms with van der Waals surface area (Å²) in [5, 5.41) is 38.3. The zero-order chi connectivity index (χ0) is 28.1. The lowest BCUT2D eigenvalue weighted by molar-refractivity contribution is -0.119. The Hall–Kier alpha value is -3.76. The first-order chi connectivity index (χ1) is 18.7. The van der Waals surface area contributed by atoms with Gasteiger partial charge in [0.05, 0.1) is 11.0 Å². The number of fused-ring (bicyclic) bond motifs is 2. The maximum Gasteiger partial charge on any atom is 0.264 e. The van der Waals surface area contributed by atoms with Crippen LogP contribution in [0.25, 0.3) is 21.8 Å². The summed E-state index contributed by atoms with van der Waals surface area (Å²) in [6.07, 6.45) is 4.21. The van der Waals surface area contributed by atoms with E-state index in [1.807, 2.05) is 0 Å². The minimum Gasteiger partial charge on any atom is -0.493 e. The summed E-state index contributed by atoms with van der Waals surface area (Å²) in [5.41, 5.74) is 1.89. The molecule has 0 atom stereocenters. The number of azo groups is 2. The number of carbonyl (C=O) groups excluding carboxylic acids is 2. The van der Waals surface area contributed by atoms with Crippen molar-refractivity contribution in [3.05, 3.63) is 46.4 Å². The van der Waals surface area contributed by atoms with Crippen LogP contribution in [0, 0.1) is 0 Å². The van der Waals surface area contributed by atoms with Crippen molar-refractivity contribution in [1.29, 1.82) is 0 Å². The van der Waals surface area contributed by atoms with Crippen LogP contribution in [-0.2, 0) is 23.7 Å². The molecule has 2 heterocycles. The lowest BCUT2D eigenvalue weighted by atomic mass is 10.1. The highest BCUT2D eigenvalue weighted by atomic mass is 35.5. The van der Waals surface area contributed by atoms with Crippen molar-refractivity contribution < 1.29 is 19.8 Å². The van der Waals surface area contributed by atoms with E-state index in [9.17, 15) is 19.8 Å². The van der Waals surface area contributed by atoms with E-state index in [4.69, 9.17) is 23.2 Å². The Labute approximate surface area is 234 Å². The number of rotatable bonds is 10. The molecule has 2 amide bonds. The smallest absolute Gasteiger partial charge is 0.264 e. The zero-order valence-corrected chi connectivity index (χ0v) is 23.1. The first-order valence-corrected chi connectivity index (χ1v) is 13.3. The fraction of sp³-hybridized carbons (Fsp3) is 0.333. The van der Waals surface area contributed by atoms with E-state index >= 15 is 0 Å². The van der Waals surface area contributed by atoms with E-state index in [0.29, 0.717) is 33.7 Å². The van der Waals surface area contributed by atoms with Crippen LogP contribution >= 0.6 is 23.2 Å². The van der Waals surface area contributed by atoms with Crippen molar-refractivity contribution in [3.8, 4) is 11.8 Å². The highest BCUT2D eigenvalue weighted by Gasteiger charge is 2.16. The van der Waals surface area contributed by atoms with Gasteiger partial charge in [0.2, 0.25) is 11.8 Å². The zero-order valence-electron chi connectivity index (χ0n) is 21.6. The van der Waals surface area contributed by atoms with E-state index in [1.165, 1.54) is 0 Å². The molecule has 0 bridgehead atoms. The molecule has 39 heavy (non-hydrogen) atoms. The number of hydrogen-bond acceptors (Lipinski definition) is 6. The number of aryl methyl sites for hydroxylation is 2. The molecule has 0 unspecified atom stereocenters. The third-order valence-electron chi connectivity index (χ3n) is 6.51. The number of amides is 2. The van der Waals surface area contributed by atoms with Crippen LogP contribution in [0.3, 0.4) is 0 Å². The average Bonchev–Trinajstić information content (AvgIpc) is 3.28. The summed E-state index contributed by atoms with van der Waals surface area (Å²) in [4.78, 5) is 24.3. The molecule has 204 valence electrons. The molecule has 4 aromatic rings. The molecule has 2 aromatic heterocycles. The minimum absolute atomic E-state index is 0.0868. The average molecular weight is 571 g/mol. The monoisotopic (exact) mass is 570 g/mol. The second-order valence-corrected chi connectivity index (χ2v) is 10.1. The predicted octanol–water partition coefficient (Wildman–Crippen LogP) is 8.04. The Bertz CT molecular complexity index is 1490. The van der Waals surface area contributed by atoms with Crippen molar-refractivity contribution in [2.45, 2.75) is 44.9 Å². The molecule has 2 aromatic carbocycles. The van der Waals surface area contributed by atoms with Crippen molar-refractivity contribution in [2.24, 2.45) is 34.6 Å². The van der Waals surface area contributed by atoms with E-state index < -0.39 is 0 Å². The number of unbranched alkanes of at least 4 members (excludes halogenated alkanes) is 4. The van der Waals surface area contributed by atoms with Gasteiger partial charge in [-0.25, -0.2) is 0 Å². The molecule has 10 nitrogen and oxygen atoms in total. The van der Waals surface area contributed by atoms with E-state index in [2.05, 4.69) is 20.5 Å². The summed E-state index contributed by atoms with van der Waals surface area (Å²) in [6, 6.07) is 10.3. The second kappa shape index (κ2) is 12.4. The maximum atomic E-state index is 12.2. The lowest BCUT2D eigenvalue weighted by Gasteiger charge is -1.99. The largest absolute Gasteiger partial charge is 0.493 e. The Morgan fingerprint density at radius 1 is 0.692 bits per heavy atom. The second-order valence-electron chi connectivity index (χ2n) is 9.24. The van der Waals surface area contributed by atoms with Crippen LogP contribution < -0.4 is 0 Å². The van der Waals surface area contributed by atoms with Gasteiger partial charge in [-0.1, -0.05) is 42.5 Å². The number of halogens is 2. The Morgan fingerprint density at radius 3 is 1.49 bits per heavy atom. The summed E-state index contributed by atoms with van der Waals surface area (Å²) in [7, 11) is 3.38. The molecule has 0 radical (unpaired) electrons. The molecule has 12 heteroatoms. The first kappa shape index (κ1) is 28.3. The third-order valence-corrected chi connectivity index (χ3v) is 6.98. The molecule has 0 aliphatic carbocycles. The lowest BCUT2D eigenvalue weighted by Crippen LogP contribution is -1.93. The Balaban J connectivity index is 1.18. The number of aromatic hydroxyl groups is 2. The van der Waals surface area contributed by atoms with Gasteiger partial charge in [0.1, 0.15) is 0 Å². The van der Waals surface area contributed by atoms with E-state index in [1.54, 1.807) is 59.6 Å². The topological polar surface area (TPSA) is 134 Å². The fourth-order valence-electron chi connectivity index (χ4n) is 4.36. The molecule has 0 spiro atoms. The van der Waals surface area contributed by atoms with Crippen LogP contribution in [0.15, 0.2) is 56.9 Å². The third kappa shape index (κ3) is 6.46. The summed E-state index contributed by atoms with van der Waals surface area (Å²) >= 11 is 12.1. The first-order valence-electron chi connectivity index (χ1n) is 12.5. The summed E-state index contributed by atoms with van der Waals surface area (Å²) in [5.74, 6) is -0.920. The highest BCUT2D eigenvalue weighted by molar-refractivity contribution is 6.32. The van der Waals surface area contributed by atoms with E-state index in [-0.39, 0.29) is 47.8 Å².